The zero-order chi connectivity index (χ0) is 26.2. The molecule has 0 saturated heterocycles. The Morgan fingerprint density at radius 1 is 0.974 bits per heavy atom. The molecule has 0 unspecified atom stereocenters. The van der Waals surface area contributed by atoms with E-state index >= 15 is 0 Å². The fourth-order valence-electron chi connectivity index (χ4n) is 5.18. The number of nitrogens with one attached hydrogen (secondary N) is 1. The summed E-state index contributed by atoms with van der Waals surface area (Å²) in [5.74, 6) is 1.05. The molecule has 1 aliphatic rings. The van der Waals surface area contributed by atoms with Crippen molar-refractivity contribution in [3.8, 4) is 0 Å². The quantitative estimate of drug-likeness (QED) is 0.270. The van der Waals surface area contributed by atoms with Crippen LogP contribution in [-0.4, -0.2) is 68.7 Å². The standard InChI is InChI=1S/C26H26ClN9O2/c1-15-32-34-36(33-15)20-12-19(22(37)23(20)38)35-14-29-21-24(30-26(27)31-25(21)35)28-13-18(16-8-4-2-5-9-16)17-10-6-3-7-11-17/h2-11,14,18-20,22-23,37-38H,12-13H2,1H3,(H,28,30,31)/t19-,20+,22+,23-/m1/s1. The lowest BCUT2D eigenvalue weighted by molar-refractivity contribution is 0.00474. The summed E-state index contributed by atoms with van der Waals surface area (Å²) in [6, 6.07) is 19.4. The third-order valence-electron chi connectivity index (χ3n) is 7.08. The van der Waals surface area contributed by atoms with Gasteiger partial charge in [-0.15, -0.1) is 10.2 Å². The Morgan fingerprint density at radius 2 is 1.63 bits per heavy atom. The van der Waals surface area contributed by atoms with E-state index in [4.69, 9.17) is 11.6 Å². The lowest BCUT2D eigenvalue weighted by Crippen LogP contribution is -2.31. The lowest BCUT2D eigenvalue weighted by atomic mass is 9.91. The van der Waals surface area contributed by atoms with Crippen LogP contribution < -0.4 is 5.32 Å². The van der Waals surface area contributed by atoms with Gasteiger partial charge >= 0.3 is 0 Å². The number of tetrazole rings is 1. The Balaban J connectivity index is 1.30. The minimum Gasteiger partial charge on any atom is -0.388 e. The number of benzene rings is 2. The minimum absolute atomic E-state index is 0.0517. The summed E-state index contributed by atoms with van der Waals surface area (Å²) in [4.78, 5) is 14.8. The van der Waals surface area contributed by atoms with E-state index in [2.05, 4.69) is 59.9 Å². The fraction of sp³-hybridized carbons (Fsp3) is 0.308. The van der Waals surface area contributed by atoms with Crippen LogP contribution >= 0.6 is 11.6 Å². The number of hydrogen-bond donors (Lipinski definition) is 3. The van der Waals surface area contributed by atoms with Gasteiger partial charge in [0.25, 0.3) is 0 Å². The Bertz CT molecular complexity index is 1500. The minimum atomic E-state index is -1.09. The number of halogens is 1. The number of aliphatic hydroxyl groups excluding tert-OH is 2. The van der Waals surface area contributed by atoms with Gasteiger partial charge in [0.05, 0.1) is 12.4 Å². The maximum Gasteiger partial charge on any atom is 0.226 e. The summed E-state index contributed by atoms with van der Waals surface area (Å²) in [5.41, 5.74) is 3.32. The van der Waals surface area contributed by atoms with Crippen molar-refractivity contribution in [2.24, 2.45) is 0 Å². The zero-order valence-corrected chi connectivity index (χ0v) is 21.3. The Morgan fingerprint density at radius 3 is 2.26 bits per heavy atom. The normalized spacial score (nSPS) is 21.4. The molecule has 11 nitrogen and oxygen atoms in total. The predicted molar refractivity (Wildman–Crippen MR) is 141 cm³/mol. The maximum atomic E-state index is 10.9. The van der Waals surface area contributed by atoms with E-state index in [0.717, 1.165) is 0 Å². The van der Waals surface area contributed by atoms with Crippen LogP contribution in [0.1, 0.15) is 41.4 Å². The molecule has 1 saturated carbocycles. The van der Waals surface area contributed by atoms with Gasteiger partial charge < -0.3 is 20.1 Å². The summed E-state index contributed by atoms with van der Waals surface area (Å²) < 4.78 is 1.73. The van der Waals surface area contributed by atoms with Crippen molar-refractivity contribution < 1.29 is 10.2 Å². The number of hydrogen-bond acceptors (Lipinski definition) is 9. The van der Waals surface area contributed by atoms with Crippen LogP contribution in [0.5, 0.6) is 0 Å². The second-order valence-corrected chi connectivity index (χ2v) is 9.77. The van der Waals surface area contributed by atoms with E-state index in [1.54, 1.807) is 17.8 Å². The average molecular weight is 532 g/mol. The van der Waals surface area contributed by atoms with Gasteiger partial charge in [-0.2, -0.15) is 14.8 Å². The molecule has 3 heterocycles. The van der Waals surface area contributed by atoms with Gasteiger partial charge in [-0.3, -0.25) is 0 Å². The molecule has 4 atom stereocenters. The second-order valence-electron chi connectivity index (χ2n) is 9.43. The van der Waals surface area contributed by atoms with Gasteiger partial charge in [0.2, 0.25) is 5.28 Å². The molecule has 1 fully saturated rings. The van der Waals surface area contributed by atoms with Gasteiger partial charge in [-0.1, -0.05) is 60.7 Å². The van der Waals surface area contributed by atoms with Gasteiger partial charge in [0.15, 0.2) is 22.8 Å². The second kappa shape index (κ2) is 10.1. The van der Waals surface area contributed by atoms with E-state index in [1.807, 2.05) is 36.4 Å². The summed E-state index contributed by atoms with van der Waals surface area (Å²) in [6.45, 7) is 2.27. The molecular weight excluding hydrogens is 506 g/mol. The van der Waals surface area contributed by atoms with E-state index in [0.29, 0.717) is 35.8 Å². The first kappa shape index (κ1) is 24.4. The largest absolute Gasteiger partial charge is 0.388 e. The van der Waals surface area contributed by atoms with E-state index < -0.39 is 24.3 Å². The van der Waals surface area contributed by atoms with Crippen molar-refractivity contribution in [1.82, 2.24) is 39.7 Å². The first-order chi connectivity index (χ1) is 18.5. The highest BCUT2D eigenvalue weighted by Gasteiger charge is 2.45. The molecule has 0 bridgehead atoms. The summed E-state index contributed by atoms with van der Waals surface area (Å²) in [7, 11) is 0. The molecule has 3 N–H and O–H groups in total. The SMILES string of the molecule is Cc1nnn([C@H]2C[C@@H](n3cnc4c(NCC(c5ccccc5)c5ccccc5)nc(Cl)nc43)[C@H](O)[C@@H]2O)n1. The van der Waals surface area contributed by atoms with Gasteiger partial charge in [0.1, 0.15) is 18.2 Å². The smallest absolute Gasteiger partial charge is 0.226 e. The number of rotatable bonds is 7. The van der Waals surface area contributed by atoms with Crippen molar-refractivity contribution in [1.29, 1.82) is 0 Å². The summed E-state index contributed by atoms with van der Waals surface area (Å²) in [6.07, 6.45) is -0.221. The highest BCUT2D eigenvalue weighted by molar-refractivity contribution is 6.28. The molecule has 0 amide bonds. The predicted octanol–water partition coefficient (Wildman–Crippen LogP) is 2.93. The summed E-state index contributed by atoms with van der Waals surface area (Å²) >= 11 is 6.35. The molecule has 5 aromatic rings. The Kier molecular flexibility index (Phi) is 6.48. The molecule has 2 aromatic carbocycles. The van der Waals surface area contributed by atoms with Crippen molar-refractivity contribution in [3.63, 3.8) is 0 Å². The molecule has 194 valence electrons. The lowest BCUT2D eigenvalue weighted by Gasteiger charge is -2.20. The van der Waals surface area contributed by atoms with Gasteiger partial charge in [-0.05, 0) is 41.3 Å². The average Bonchev–Trinajstić information content (AvgIpc) is 3.63. The number of aliphatic hydroxyl groups is 2. The molecule has 0 aliphatic heterocycles. The van der Waals surface area contributed by atoms with Gasteiger partial charge in [0, 0.05) is 12.5 Å². The molecular formula is C26H26ClN9O2. The maximum absolute atomic E-state index is 10.9. The first-order valence-electron chi connectivity index (χ1n) is 12.4. The first-order valence-corrected chi connectivity index (χ1v) is 12.7. The van der Waals surface area contributed by atoms with E-state index in [-0.39, 0.29) is 11.2 Å². The third-order valence-corrected chi connectivity index (χ3v) is 7.24. The highest BCUT2D eigenvalue weighted by atomic mass is 35.5. The number of aryl methyl sites for hydroxylation is 1. The number of nitrogens with zero attached hydrogens (tertiary/aromatic N) is 8. The molecule has 1 aliphatic carbocycles. The van der Waals surface area contributed by atoms with Gasteiger partial charge in [-0.25, -0.2) is 4.98 Å². The number of anilines is 1. The zero-order valence-electron chi connectivity index (χ0n) is 20.5. The van der Waals surface area contributed by atoms with Crippen molar-refractivity contribution in [2.45, 2.75) is 43.6 Å². The third kappa shape index (κ3) is 4.49. The number of aromatic nitrogens is 8. The van der Waals surface area contributed by atoms with Crippen LogP contribution in [0.15, 0.2) is 67.0 Å². The van der Waals surface area contributed by atoms with Crippen molar-refractivity contribution in [3.05, 3.63) is 89.2 Å². The molecule has 6 rings (SSSR count). The Hall–Kier alpha value is -3.93. The topological polar surface area (TPSA) is 140 Å². The van der Waals surface area contributed by atoms with Crippen LogP contribution in [0, 0.1) is 6.92 Å². The summed E-state index contributed by atoms with van der Waals surface area (Å²) in [5, 5.41) is 37.2. The molecule has 0 radical (unpaired) electrons. The van der Waals surface area contributed by atoms with E-state index in [9.17, 15) is 10.2 Å². The molecule has 3 aromatic heterocycles. The monoisotopic (exact) mass is 531 g/mol. The van der Waals surface area contributed by atoms with Crippen LogP contribution in [-0.2, 0) is 0 Å². The highest BCUT2D eigenvalue weighted by Crippen LogP contribution is 2.39. The molecule has 38 heavy (non-hydrogen) atoms. The molecule has 0 spiro atoms. The van der Waals surface area contributed by atoms with Crippen molar-refractivity contribution >= 4 is 28.6 Å². The Labute approximate surface area is 223 Å². The fourth-order valence-corrected chi connectivity index (χ4v) is 5.35. The van der Waals surface area contributed by atoms with Crippen molar-refractivity contribution in [2.75, 3.05) is 11.9 Å². The van der Waals surface area contributed by atoms with Crippen LogP contribution in [0.4, 0.5) is 5.82 Å². The number of imidazole rings is 1. The number of fused-ring (bicyclic) bond motifs is 1. The molecule has 12 heteroatoms. The van der Waals surface area contributed by atoms with Crippen LogP contribution in [0.3, 0.4) is 0 Å². The van der Waals surface area contributed by atoms with E-state index in [1.165, 1.54) is 15.9 Å². The van der Waals surface area contributed by atoms with Crippen LogP contribution in [0.25, 0.3) is 11.2 Å². The van der Waals surface area contributed by atoms with Crippen LogP contribution in [0.2, 0.25) is 5.28 Å².